The number of rotatable bonds is 25. The van der Waals surface area contributed by atoms with E-state index in [0.717, 1.165) is 0 Å². The number of hydrogen-bond donors (Lipinski definition) is 0. The summed E-state index contributed by atoms with van der Waals surface area (Å²) in [4.78, 5) is 21.1. The van der Waals surface area contributed by atoms with Gasteiger partial charge in [-0.05, 0) is 0 Å². The molecule has 0 aromatic heterocycles. The fraction of sp³-hybridized carbons (Fsp3) is 0.920. The fourth-order valence-electron chi connectivity index (χ4n) is 3.28. The summed E-state index contributed by atoms with van der Waals surface area (Å²) in [7, 11) is -0.0950. The molecule has 2 fully saturated rings. The van der Waals surface area contributed by atoms with Crippen molar-refractivity contribution in [3.8, 4) is 0 Å². The van der Waals surface area contributed by atoms with Gasteiger partial charge in [0, 0.05) is 14.0 Å². The fourth-order valence-corrected chi connectivity index (χ4v) is 3.28. The van der Waals surface area contributed by atoms with E-state index in [9.17, 15) is 124 Å². The second-order valence-corrected chi connectivity index (χ2v) is 11.7. The smallest absolute Gasteiger partial charge is 0.430 e. The Bertz CT molecular complexity index is 1590. The number of carbonyl (C=O) groups excluding carboxylic acids is 2. The first-order valence-corrected chi connectivity index (χ1v) is 15.3. The van der Waals surface area contributed by atoms with Crippen molar-refractivity contribution in [3.63, 3.8) is 0 Å². The maximum absolute atomic E-state index is 13.4. The van der Waals surface area contributed by atoms with Gasteiger partial charge in [0.1, 0.15) is 26.4 Å². The van der Waals surface area contributed by atoms with E-state index in [0.29, 0.717) is 0 Å². The predicted octanol–water partition coefficient (Wildman–Crippen LogP) is 8.62. The Morgan fingerprint density at radius 2 is 0.692 bits per heavy atom. The van der Waals surface area contributed by atoms with Crippen LogP contribution in [-0.2, 0) is 56.8 Å². The van der Waals surface area contributed by atoms with Crippen molar-refractivity contribution in [1.82, 2.24) is 0 Å². The number of carbonyl (C=O) groups is 2. The highest BCUT2D eigenvalue weighted by molar-refractivity contribution is 5.62. The lowest BCUT2D eigenvalue weighted by molar-refractivity contribution is -0.566. The average Bonchev–Trinajstić information content (AvgIpc) is 3.68. The highest BCUT2D eigenvalue weighted by Crippen LogP contribution is 2.53. The second kappa shape index (κ2) is 19.6. The molecule has 0 aromatic carbocycles. The van der Waals surface area contributed by atoms with Gasteiger partial charge in [-0.15, -0.1) is 0 Å². The van der Waals surface area contributed by atoms with Crippen LogP contribution in [0.25, 0.3) is 0 Å². The maximum Gasteiger partial charge on any atom is 0.508 e. The number of alkyl halides is 26. The van der Waals surface area contributed by atoms with Gasteiger partial charge in [-0.25, -0.2) is 33.3 Å². The molecule has 0 aliphatic carbocycles. The minimum atomic E-state index is -7.51. The van der Waals surface area contributed by atoms with E-state index in [-0.39, 0.29) is 7.11 Å². The molecule has 14 nitrogen and oxygen atoms in total. The standard InChI is InChI=1S/C14H10F16O7.C11H10F10O7/c1-7(15,16)9(19,20)10(21,22)36-13(27,28)14(29,30)37-12(25,26)11(23,24)35-8(17,18)4-32-2-5-3-33-6(31)34-5;1-23-8(14,15)9(16,17)28-11(20,21)10(18,19)27-7(12,13)4-24-2-5-3-25-6(22)26-5/h5H,2-4H2,1H3;5H,2-4H2,1H3. The molecule has 0 saturated carbocycles. The van der Waals surface area contributed by atoms with Crippen LogP contribution in [0.1, 0.15) is 6.92 Å². The number of halogens is 26. The third kappa shape index (κ3) is 15.5. The summed E-state index contributed by atoms with van der Waals surface area (Å²) >= 11 is 0. The van der Waals surface area contributed by atoms with E-state index in [1.165, 1.54) is 0 Å². The van der Waals surface area contributed by atoms with Crippen molar-refractivity contribution in [3.05, 3.63) is 0 Å². The molecule has 0 radical (unpaired) electrons. The highest BCUT2D eigenvalue weighted by atomic mass is 19.4. The third-order valence-corrected chi connectivity index (χ3v) is 6.30. The molecule has 2 aliphatic heterocycles. The first-order valence-electron chi connectivity index (χ1n) is 15.3. The quantitative estimate of drug-likeness (QED) is 0.0636. The van der Waals surface area contributed by atoms with Crippen LogP contribution in [0, 0.1) is 0 Å². The lowest BCUT2D eigenvalue weighted by Gasteiger charge is -2.36. The molecule has 2 saturated heterocycles. The zero-order valence-corrected chi connectivity index (χ0v) is 30.4. The van der Waals surface area contributed by atoms with Crippen molar-refractivity contribution in [2.45, 2.75) is 98.2 Å². The van der Waals surface area contributed by atoms with Gasteiger partial charge < -0.3 is 33.2 Å². The molecule has 2 heterocycles. The van der Waals surface area contributed by atoms with Crippen LogP contribution in [0.4, 0.5) is 124 Å². The minimum absolute atomic E-state index is 0.0950. The molecule has 386 valence electrons. The van der Waals surface area contributed by atoms with Crippen molar-refractivity contribution in [1.29, 1.82) is 0 Å². The molecule has 40 heteroatoms. The van der Waals surface area contributed by atoms with Gasteiger partial charge in [-0.3, -0.25) is 0 Å². The van der Waals surface area contributed by atoms with Gasteiger partial charge in [-0.2, -0.15) is 114 Å². The zero-order valence-electron chi connectivity index (χ0n) is 30.4. The largest absolute Gasteiger partial charge is 0.508 e. The molecule has 2 aliphatic rings. The Morgan fingerprint density at radius 3 is 0.938 bits per heavy atom. The topological polar surface area (TPSA) is 145 Å². The summed E-state index contributed by atoms with van der Waals surface area (Å²) in [6.45, 7) is -8.54. The third-order valence-electron chi connectivity index (χ3n) is 6.30. The highest BCUT2D eigenvalue weighted by Gasteiger charge is 2.79. The summed E-state index contributed by atoms with van der Waals surface area (Å²) in [6.07, 6.45) is -77.9. The van der Waals surface area contributed by atoms with Crippen molar-refractivity contribution >= 4 is 12.3 Å². The van der Waals surface area contributed by atoms with Crippen LogP contribution < -0.4 is 0 Å². The number of ether oxygens (including phenoxy) is 12. The zero-order chi connectivity index (χ0) is 51.5. The van der Waals surface area contributed by atoms with Crippen LogP contribution in [0.3, 0.4) is 0 Å². The molecular weight excluding hydrogens is 1020 g/mol. The van der Waals surface area contributed by atoms with Gasteiger partial charge in [0.05, 0.1) is 13.2 Å². The predicted molar refractivity (Wildman–Crippen MR) is 136 cm³/mol. The van der Waals surface area contributed by atoms with Crippen LogP contribution in [-0.4, -0.2) is 150 Å². The van der Waals surface area contributed by atoms with Crippen LogP contribution >= 0.6 is 0 Å². The molecule has 0 aromatic rings. The van der Waals surface area contributed by atoms with Crippen molar-refractivity contribution in [2.24, 2.45) is 0 Å². The molecule has 2 rings (SSSR count). The SMILES string of the molecule is CC(F)(F)C(F)(F)C(F)(F)OC(F)(F)C(F)(F)OC(F)(F)C(F)(F)OC(F)(F)COCC1COC(=O)O1.COC(F)(F)C(F)(F)OC(F)(F)C(F)(F)OC(F)(F)COCC1COC(=O)O1. The van der Waals surface area contributed by atoms with E-state index in [1.807, 2.05) is 4.74 Å². The minimum Gasteiger partial charge on any atom is -0.430 e. The van der Waals surface area contributed by atoms with E-state index in [1.54, 1.807) is 9.47 Å². The number of methoxy groups -OCH3 is 1. The normalized spacial score (nSPS) is 19.3. The Morgan fingerprint density at radius 1 is 0.431 bits per heavy atom. The van der Waals surface area contributed by atoms with Gasteiger partial charge in [0.15, 0.2) is 12.2 Å². The molecule has 0 N–H and O–H groups in total. The molecular formula is C25H20F26O14. The van der Waals surface area contributed by atoms with Gasteiger partial charge in [-0.1, -0.05) is 0 Å². The monoisotopic (exact) mass is 1040 g/mol. The molecule has 2 atom stereocenters. The Hall–Kier alpha value is -3.60. The van der Waals surface area contributed by atoms with E-state index in [4.69, 9.17) is 0 Å². The van der Waals surface area contributed by atoms with E-state index >= 15 is 0 Å². The molecule has 65 heavy (non-hydrogen) atoms. The summed E-state index contributed by atoms with van der Waals surface area (Å²) < 4.78 is 378. The lowest BCUT2D eigenvalue weighted by atomic mass is 10.2. The van der Waals surface area contributed by atoms with Crippen LogP contribution in [0.5, 0.6) is 0 Å². The molecule has 0 amide bonds. The van der Waals surface area contributed by atoms with Crippen LogP contribution in [0.15, 0.2) is 0 Å². The maximum atomic E-state index is 13.4. The van der Waals surface area contributed by atoms with E-state index < -0.39 is 150 Å². The molecule has 0 bridgehead atoms. The molecule has 0 spiro atoms. The van der Waals surface area contributed by atoms with Gasteiger partial charge in [0.2, 0.25) is 0 Å². The second-order valence-electron chi connectivity index (χ2n) is 11.7. The van der Waals surface area contributed by atoms with Crippen molar-refractivity contribution < 1.29 is 181 Å². The summed E-state index contributed by atoms with van der Waals surface area (Å²) in [6, 6.07) is 0. The molecule has 2 unspecified atom stereocenters. The summed E-state index contributed by atoms with van der Waals surface area (Å²) in [5.41, 5.74) is 0. The van der Waals surface area contributed by atoms with Crippen LogP contribution in [0.2, 0.25) is 0 Å². The Labute approximate surface area is 338 Å². The number of cyclic esters (lactones) is 4. The Balaban J connectivity index is 0.000000675. The number of hydrogen-bond acceptors (Lipinski definition) is 14. The van der Waals surface area contributed by atoms with Gasteiger partial charge in [0.25, 0.3) is 0 Å². The van der Waals surface area contributed by atoms with Crippen molar-refractivity contribution in [2.75, 3.05) is 46.8 Å². The van der Waals surface area contributed by atoms with Gasteiger partial charge >= 0.3 is 91.4 Å². The lowest BCUT2D eigenvalue weighted by Crippen LogP contribution is -2.61. The summed E-state index contributed by atoms with van der Waals surface area (Å²) in [5, 5.41) is 0. The first kappa shape index (κ1) is 59.4. The Kier molecular flexibility index (Phi) is 17.9. The van der Waals surface area contributed by atoms with E-state index in [2.05, 4.69) is 42.6 Å². The summed E-state index contributed by atoms with van der Waals surface area (Å²) in [5.74, 6) is -13.0. The average molecular weight is 1040 g/mol. The first-order chi connectivity index (χ1) is 28.5.